The molecule has 0 aliphatic heterocycles. The zero-order valence-electron chi connectivity index (χ0n) is 18.7. The summed E-state index contributed by atoms with van der Waals surface area (Å²) in [6, 6.07) is 0. The van der Waals surface area contributed by atoms with E-state index >= 15 is 0 Å². The van der Waals surface area contributed by atoms with Crippen molar-refractivity contribution >= 4 is 17.1 Å². The number of unbranched alkanes of at least 4 members (excludes halogenated alkanes) is 10. The maximum atomic E-state index is 6.36. The molecule has 0 aromatic carbocycles. The predicted molar refractivity (Wildman–Crippen MR) is 123 cm³/mol. The first-order valence-electron chi connectivity index (χ1n) is 11.2. The van der Waals surface area contributed by atoms with E-state index in [0.717, 1.165) is 32.5 Å². The van der Waals surface area contributed by atoms with E-state index in [-0.39, 0.29) is 0 Å². The van der Waals surface area contributed by atoms with Crippen LogP contribution >= 0.6 is 0 Å². The van der Waals surface area contributed by atoms with Crippen LogP contribution in [-0.2, 0) is 13.0 Å². The van der Waals surface area contributed by atoms with Crippen LogP contribution in [0.1, 0.15) is 90.9 Å². The molecule has 2 unspecified atom stereocenters. The number of hydrogen-bond donors (Lipinski definition) is 0. The molecule has 3 nitrogen and oxygen atoms in total. The average Bonchev–Trinajstić information content (AvgIpc) is 2.66. The molecule has 0 aromatic rings. The summed E-state index contributed by atoms with van der Waals surface area (Å²) in [5, 5.41) is 0. The molecule has 0 aliphatic carbocycles. The molecule has 0 saturated carbocycles. The van der Waals surface area contributed by atoms with E-state index in [1.165, 1.54) is 57.8 Å². The summed E-state index contributed by atoms with van der Waals surface area (Å²) in [5.41, 5.74) is 3.74. The van der Waals surface area contributed by atoms with E-state index in [0.29, 0.717) is 0 Å². The number of rotatable bonds is 20. The second-order valence-corrected chi connectivity index (χ2v) is 14.0. The van der Waals surface area contributed by atoms with Crippen LogP contribution in [0.25, 0.3) is 0 Å². The first-order chi connectivity index (χ1) is 12.9. The smallest absolute Gasteiger partial charge is 0.352 e. The van der Waals surface area contributed by atoms with Crippen molar-refractivity contribution in [2.75, 3.05) is 13.2 Å². The van der Waals surface area contributed by atoms with Gasteiger partial charge in [-0.15, -0.1) is 13.2 Å². The third-order valence-electron chi connectivity index (χ3n) is 4.92. The van der Waals surface area contributed by atoms with Crippen molar-refractivity contribution in [2.24, 2.45) is 0 Å². The fourth-order valence-corrected chi connectivity index (χ4v) is 8.64. The second-order valence-electron chi connectivity index (χ2n) is 7.77. The summed E-state index contributed by atoms with van der Waals surface area (Å²) >= 11 is 0. The van der Waals surface area contributed by atoms with Gasteiger partial charge in [0.25, 0.3) is 0 Å². The van der Waals surface area contributed by atoms with E-state index in [9.17, 15) is 0 Å². The maximum Gasteiger partial charge on any atom is 0.352 e. The van der Waals surface area contributed by atoms with E-state index in [4.69, 9.17) is 13.0 Å². The lowest BCUT2D eigenvalue weighted by Crippen LogP contribution is -2.50. The fraction of sp³-hybridized carbons (Fsp3) is 0.818. The minimum absolute atomic E-state index is 0.727. The summed E-state index contributed by atoms with van der Waals surface area (Å²) < 4.78 is 18.5. The van der Waals surface area contributed by atoms with Crippen LogP contribution in [-0.4, -0.2) is 30.3 Å². The van der Waals surface area contributed by atoms with Gasteiger partial charge in [-0.3, -0.25) is 0 Å². The van der Waals surface area contributed by atoms with Crippen molar-refractivity contribution in [1.82, 2.24) is 0 Å². The van der Waals surface area contributed by atoms with Gasteiger partial charge < -0.3 is 13.0 Å². The lowest BCUT2D eigenvalue weighted by molar-refractivity contribution is 0.197. The zero-order chi connectivity index (χ0) is 20.4. The maximum absolute atomic E-state index is 6.36. The molecule has 160 valence electrons. The topological polar surface area (TPSA) is 27.7 Å². The Balaban J connectivity index is 3.96. The van der Waals surface area contributed by atoms with Crippen molar-refractivity contribution in [1.29, 1.82) is 0 Å². The normalized spacial score (nSPS) is 15.9. The fourth-order valence-electron chi connectivity index (χ4n) is 2.95. The van der Waals surface area contributed by atoms with Crippen LogP contribution in [0.5, 0.6) is 0 Å². The van der Waals surface area contributed by atoms with Crippen molar-refractivity contribution in [3.63, 3.8) is 0 Å². The van der Waals surface area contributed by atoms with Crippen molar-refractivity contribution < 1.29 is 13.0 Å². The van der Waals surface area contributed by atoms with E-state index < -0.39 is 17.1 Å². The van der Waals surface area contributed by atoms with E-state index in [1.807, 2.05) is 17.9 Å². The van der Waals surface area contributed by atoms with Crippen LogP contribution in [0.4, 0.5) is 0 Å². The Morgan fingerprint density at radius 1 is 0.593 bits per heavy atom. The predicted octanol–water partition coefficient (Wildman–Crippen LogP) is 7.35. The molecule has 0 radical (unpaired) electrons. The highest BCUT2D eigenvalue weighted by atomic mass is 28.5. The van der Waals surface area contributed by atoms with Crippen LogP contribution in [0.3, 0.4) is 0 Å². The average molecular weight is 415 g/mol. The monoisotopic (exact) mass is 414 g/mol. The van der Waals surface area contributed by atoms with Crippen molar-refractivity contribution in [2.45, 2.75) is 104 Å². The van der Waals surface area contributed by atoms with Gasteiger partial charge in [-0.05, 0) is 25.9 Å². The highest BCUT2D eigenvalue weighted by Crippen LogP contribution is 2.20. The Morgan fingerprint density at radius 3 is 1.37 bits per heavy atom. The Bertz CT molecular complexity index is 379. The minimum atomic E-state index is -2.40. The summed E-state index contributed by atoms with van der Waals surface area (Å²) in [6.45, 7) is 17.9. The molecule has 0 bridgehead atoms. The van der Waals surface area contributed by atoms with Gasteiger partial charge in [-0.1, -0.05) is 89.5 Å². The SMILES string of the molecule is C=C[Si](C)(OCCCC)O[Si](C)(C=C)OCCCCCCCCCCCC. The first-order valence-corrected chi connectivity index (χ1v) is 16.0. The first kappa shape index (κ1) is 26.8. The Morgan fingerprint density at radius 2 is 0.963 bits per heavy atom. The molecular weight excluding hydrogens is 368 g/mol. The molecule has 0 heterocycles. The molecule has 0 N–H and O–H groups in total. The molecule has 0 spiro atoms. The van der Waals surface area contributed by atoms with E-state index in [2.05, 4.69) is 33.6 Å². The van der Waals surface area contributed by atoms with Crippen LogP contribution in [0.2, 0.25) is 13.1 Å². The van der Waals surface area contributed by atoms with Gasteiger partial charge in [0.05, 0.1) is 0 Å². The van der Waals surface area contributed by atoms with Gasteiger partial charge in [0, 0.05) is 13.2 Å². The molecule has 2 atom stereocenters. The van der Waals surface area contributed by atoms with Crippen LogP contribution in [0, 0.1) is 0 Å². The Labute approximate surface area is 172 Å². The summed E-state index contributed by atoms with van der Waals surface area (Å²) in [7, 11) is -4.79. The minimum Gasteiger partial charge on any atom is -0.409 e. The lowest BCUT2D eigenvalue weighted by Gasteiger charge is -2.33. The molecule has 5 heteroatoms. The lowest BCUT2D eigenvalue weighted by atomic mass is 10.1. The summed E-state index contributed by atoms with van der Waals surface area (Å²) in [6.07, 6.45) is 15.5. The standard InChI is InChI=1S/C22H46O3Si2/c1-7-11-13-14-15-16-17-18-19-20-22-24-27(6,10-4)25-26(5,9-3)23-21-12-8-2/h9-10H,3-4,7-8,11-22H2,1-2,5-6H3. The third-order valence-corrected chi connectivity index (χ3v) is 11.2. The van der Waals surface area contributed by atoms with Gasteiger partial charge in [0.2, 0.25) is 0 Å². The van der Waals surface area contributed by atoms with Crippen molar-refractivity contribution in [3.8, 4) is 0 Å². The van der Waals surface area contributed by atoms with Gasteiger partial charge in [-0.25, -0.2) is 0 Å². The van der Waals surface area contributed by atoms with Gasteiger partial charge in [-0.2, -0.15) is 0 Å². The van der Waals surface area contributed by atoms with Crippen LogP contribution in [0.15, 0.2) is 24.6 Å². The Kier molecular flexibility index (Phi) is 16.6. The van der Waals surface area contributed by atoms with Crippen LogP contribution < -0.4 is 0 Å². The van der Waals surface area contributed by atoms with Gasteiger partial charge in [0.1, 0.15) is 0 Å². The molecular formula is C22H46O3Si2. The molecule has 0 amide bonds. The van der Waals surface area contributed by atoms with Crippen molar-refractivity contribution in [3.05, 3.63) is 24.6 Å². The third kappa shape index (κ3) is 14.4. The number of hydrogen-bond acceptors (Lipinski definition) is 3. The molecule has 0 aliphatic rings. The molecule has 0 rings (SSSR count). The van der Waals surface area contributed by atoms with Gasteiger partial charge in [0.15, 0.2) is 0 Å². The highest BCUT2D eigenvalue weighted by Gasteiger charge is 2.39. The van der Waals surface area contributed by atoms with E-state index in [1.54, 1.807) is 0 Å². The van der Waals surface area contributed by atoms with Gasteiger partial charge >= 0.3 is 17.1 Å². The summed E-state index contributed by atoms with van der Waals surface area (Å²) in [4.78, 5) is 0. The summed E-state index contributed by atoms with van der Waals surface area (Å²) in [5.74, 6) is 0. The second kappa shape index (κ2) is 16.7. The molecule has 27 heavy (non-hydrogen) atoms. The highest BCUT2D eigenvalue weighted by molar-refractivity contribution is 6.84. The molecule has 0 fully saturated rings. The molecule has 0 saturated heterocycles. The molecule has 0 aromatic heterocycles. The zero-order valence-corrected chi connectivity index (χ0v) is 20.7. The Hall–Kier alpha value is -0.206. The quantitative estimate of drug-likeness (QED) is 0.154. The largest absolute Gasteiger partial charge is 0.409 e.